The summed E-state index contributed by atoms with van der Waals surface area (Å²) >= 11 is 0. The second-order valence-corrected chi connectivity index (χ2v) is 3.28. The van der Waals surface area contributed by atoms with Gasteiger partial charge >= 0.3 is 6.18 Å². The average Bonchev–Trinajstić information content (AvgIpc) is 2.65. The standard InChI is InChI=1S/C10H10F3N3O/c1-3-4-9(17)14-6(2)7-5-8(16-15-7)10(11,12)13/h5-6H,1-2H3,(H,14,17)(H,15,16). The van der Waals surface area contributed by atoms with Crippen LogP contribution in [0.2, 0.25) is 0 Å². The molecule has 0 saturated heterocycles. The largest absolute Gasteiger partial charge is 0.435 e. The number of aromatic amines is 1. The van der Waals surface area contributed by atoms with Crippen LogP contribution in [0, 0.1) is 11.8 Å². The lowest BCUT2D eigenvalue weighted by Gasteiger charge is -2.08. The second kappa shape index (κ2) is 4.91. The second-order valence-electron chi connectivity index (χ2n) is 3.28. The summed E-state index contributed by atoms with van der Waals surface area (Å²) in [5, 5.41) is 7.76. The molecule has 0 saturated carbocycles. The van der Waals surface area contributed by atoms with Crippen LogP contribution in [-0.4, -0.2) is 16.1 Å². The molecule has 4 nitrogen and oxygen atoms in total. The Morgan fingerprint density at radius 3 is 2.71 bits per heavy atom. The van der Waals surface area contributed by atoms with Gasteiger partial charge in [-0.3, -0.25) is 9.89 Å². The SMILES string of the molecule is CC#CC(=O)NC(C)c1cc(C(F)(F)F)n[nH]1. The van der Waals surface area contributed by atoms with Crippen LogP contribution in [0.5, 0.6) is 0 Å². The molecule has 2 N–H and O–H groups in total. The van der Waals surface area contributed by atoms with E-state index in [1.807, 2.05) is 0 Å². The van der Waals surface area contributed by atoms with E-state index in [0.717, 1.165) is 6.07 Å². The molecule has 0 aliphatic rings. The Labute approximate surface area is 95.6 Å². The fraction of sp³-hybridized carbons (Fsp3) is 0.400. The molecule has 0 bridgehead atoms. The summed E-state index contributed by atoms with van der Waals surface area (Å²) in [5.74, 6) is 4.06. The molecule has 7 heteroatoms. The lowest BCUT2D eigenvalue weighted by atomic mass is 10.2. The van der Waals surface area contributed by atoms with E-state index in [0.29, 0.717) is 0 Å². The first-order chi connectivity index (χ1) is 7.84. The summed E-state index contributed by atoms with van der Waals surface area (Å²) < 4.78 is 36.8. The van der Waals surface area contributed by atoms with Gasteiger partial charge in [0.1, 0.15) is 0 Å². The molecule has 1 aromatic heterocycles. The molecule has 17 heavy (non-hydrogen) atoms. The van der Waals surface area contributed by atoms with Gasteiger partial charge in [-0.1, -0.05) is 5.92 Å². The smallest absolute Gasteiger partial charge is 0.337 e. The highest BCUT2D eigenvalue weighted by Crippen LogP contribution is 2.28. The maximum Gasteiger partial charge on any atom is 0.435 e. The Morgan fingerprint density at radius 1 is 1.59 bits per heavy atom. The maximum absolute atomic E-state index is 12.3. The number of alkyl halides is 3. The number of amides is 1. The number of nitrogens with one attached hydrogen (secondary N) is 2. The van der Waals surface area contributed by atoms with E-state index in [4.69, 9.17) is 0 Å². The lowest BCUT2D eigenvalue weighted by molar-refractivity contribution is -0.141. The van der Waals surface area contributed by atoms with Gasteiger partial charge in [0.2, 0.25) is 0 Å². The predicted molar refractivity (Wildman–Crippen MR) is 53.6 cm³/mol. The van der Waals surface area contributed by atoms with Gasteiger partial charge in [0.05, 0.1) is 11.7 Å². The molecule has 0 spiro atoms. The fourth-order valence-corrected chi connectivity index (χ4v) is 1.13. The van der Waals surface area contributed by atoms with Crippen LogP contribution in [0.25, 0.3) is 0 Å². The van der Waals surface area contributed by atoms with Crippen LogP contribution in [0.3, 0.4) is 0 Å². The molecule has 0 radical (unpaired) electrons. The third-order valence-electron chi connectivity index (χ3n) is 1.94. The molecule has 0 aliphatic heterocycles. The number of hydrogen-bond donors (Lipinski definition) is 2. The summed E-state index contributed by atoms with van der Waals surface area (Å²) in [7, 11) is 0. The van der Waals surface area contributed by atoms with E-state index in [1.165, 1.54) is 13.8 Å². The first kappa shape index (κ1) is 13.1. The van der Waals surface area contributed by atoms with Gasteiger partial charge in [0, 0.05) is 0 Å². The Hall–Kier alpha value is -1.97. The first-order valence-corrected chi connectivity index (χ1v) is 4.70. The van der Waals surface area contributed by atoms with E-state index in [2.05, 4.69) is 27.4 Å². The number of nitrogens with zero attached hydrogens (tertiary/aromatic N) is 1. The Balaban J connectivity index is 2.76. The van der Waals surface area contributed by atoms with Crippen LogP contribution in [0.1, 0.15) is 31.3 Å². The Bertz CT molecular complexity index is 467. The molecule has 1 rings (SSSR count). The number of hydrogen-bond acceptors (Lipinski definition) is 2. The summed E-state index contributed by atoms with van der Waals surface area (Å²) in [5.41, 5.74) is -0.848. The van der Waals surface area contributed by atoms with E-state index in [9.17, 15) is 18.0 Å². The molecule has 1 amide bonds. The van der Waals surface area contributed by atoms with Crippen molar-refractivity contribution in [2.75, 3.05) is 0 Å². The van der Waals surface area contributed by atoms with Crippen molar-refractivity contribution in [2.45, 2.75) is 26.1 Å². The van der Waals surface area contributed by atoms with Gasteiger partial charge < -0.3 is 5.32 Å². The quantitative estimate of drug-likeness (QED) is 0.778. The predicted octanol–water partition coefficient (Wildman–Crippen LogP) is 1.63. The molecular formula is C10H10F3N3O. The lowest BCUT2D eigenvalue weighted by Crippen LogP contribution is -2.25. The van der Waals surface area contributed by atoms with Gasteiger partial charge in [-0.25, -0.2) is 0 Å². The minimum Gasteiger partial charge on any atom is -0.337 e. The van der Waals surface area contributed by atoms with Crippen LogP contribution >= 0.6 is 0 Å². The molecule has 92 valence electrons. The highest BCUT2D eigenvalue weighted by Gasteiger charge is 2.34. The summed E-state index contributed by atoms with van der Waals surface area (Å²) in [6.45, 7) is 3.02. The molecule has 0 aliphatic carbocycles. The van der Waals surface area contributed by atoms with Crippen LogP contribution in [0.4, 0.5) is 13.2 Å². The minimum absolute atomic E-state index is 0.170. The Morgan fingerprint density at radius 2 is 2.24 bits per heavy atom. The third kappa shape index (κ3) is 3.52. The van der Waals surface area contributed by atoms with Crippen LogP contribution in [-0.2, 0) is 11.0 Å². The number of carbonyl (C=O) groups excluding carboxylic acids is 1. The number of carbonyl (C=O) groups is 1. The zero-order valence-corrected chi connectivity index (χ0v) is 9.14. The number of halogens is 3. The number of rotatable bonds is 2. The topological polar surface area (TPSA) is 57.8 Å². The van der Waals surface area contributed by atoms with Crippen molar-refractivity contribution in [1.82, 2.24) is 15.5 Å². The Kier molecular flexibility index (Phi) is 3.78. The van der Waals surface area contributed by atoms with Gasteiger partial charge in [0.15, 0.2) is 5.69 Å². The number of H-pyrrole nitrogens is 1. The number of aromatic nitrogens is 2. The molecule has 1 unspecified atom stereocenters. The highest BCUT2D eigenvalue weighted by molar-refractivity contribution is 5.93. The highest BCUT2D eigenvalue weighted by atomic mass is 19.4. The first-order valence-electron chi connectivity index (χ1n) is 4.70. The van der Waals surface area contributed by atoms with Crippen molar-refractivity contribution in [3.8, 4) is 11.8 Å². The van der Waals surface area contributed by atoms with Crippen molar-refractivity contribution in [3.05, 3.63) is 17.5 Å². The molecule has 0 aromatic carbocycles. The van der Waals surface area contributed by atoms with Gasteiger partial charge in [-0.05, 0) is 25.8 Å². The normalized spacial score (nSPS) is 12.5. The zero-order valence-electron chi connectivity index (χ0n) is 9.14. The zero-order chi connectivity index (χ0) is 13.1. The van der Waals surface area contributed by atoms with Crippen molar-refractivity contribution in [2.24, 2.45) is 0 Å². The monoisotopic (exact) mass is 245 g/mol. The molecule has 1 atom stereocenters. The van der Waals surface area contributed by atoms with Crippen molar-refractivity contribution in [3.63, 3.8) is 0 Å². The van der Waals surface area contributed by atoms with E-state index in [1.54, 1.807) is 0 Å². The molecular weight excluding hydrogens is 235 g/mol. The van der Waals surface area contributed by atoms with Crippen molar-refractivity contribution in [1.29, 1.82) is 0 Å². The fourth-order valence-electron chi connectivity index (χ4n) is 1.13. The summed E-state index contributed by atoms with van der Waals surface area (Å²) in [4.78, 5) is 11.1. The van der Waals surface area contributed by atoms with Crippen molar-refractivity contribution < 1.29 is 18.0 Å². The van der Waals surface area contributed by atoms with Crippen LogP contribution in [0.15, 0.2) is 6.07 Å². The maximum atomic E-state index is 12.3. The van der Waals surface area contributed by atoms with E-state index in [-0.39, 0.29) is 5.69 Å². The van der Waals surface area contributed by atoms with E-state index >= 15 is 0 Å². The molecule has 0 fully saturated rings. The minimum atomic E-state index is -4.50. The average molecular weight is 245 g/mol. The molecule has 1 heterocycles. The molecule has 1 aromatic rings. The van der Waals surface area contributed by atoms with Gasteiger partial charge in [-0.15, -0.1) is 0 Å². The summed E-state index contributed by atoms with van der Waals surface area (Å²) in [6.07, 6.45) is -4.50. The van der Waals surface area contributed by atoms with Gasteiger partial charge in [0.25, 0.3) is 5.91 Å². The van der Waals surface area contributed by atoms with Crippen LogP contribution < -0.4 is 5.32 Å². The van der Waals surface area contributed by atoms with E-state index < -0.39 is 23.8 Å². The summed E-state index contributed by atoms with van der Waals surface area (Å²) in [6, 6.07) is 0.233. The van der Waals surface area contributed by atoms with Crippen molar-refractivity contribution >= 4 is 5.91 Å². The van der Waals surface area contributed by atoms with Gasteiger partial charge in [-0.2, -0.15) is 18.3 Å². The third-order valence-corrected chi connectivity index (χ3v) is 1.94.